The first-order chi connectivity index (χ1) is 8.31. The van der Waals surface area contributed by atoms with Crippen molar-refractivity contribution in [2.24, 2.45) is 0 Å². The van der Waals surface area contributed by atoms with E-state index in [0.717, 1.165) is 21.5 Å². The Labute approximate surface area is 98.0 Å². The Hall–Kier alpha value is -2.29. The van der Waals surface area contributed by atoms with E-state index in [1.807, 2.05) is 42.7 Å². The lowest BCUT2D eigenvalue weighted by Crippen LogP contribution is -1.98. The number of ether oxygens (including phenoxy) is 1. The second-order valence-electron chi connectivity index (χ2n) is 3.92. The molecule has 2 aromatic carbocycles. The predicted octanol–water partition coefficient (Wildman–Crippen LogP) is 3.11. The lowest BCUT2D eigenvalue weighted by molar-refractivity contribution is 0.0603. The summed E-state index contributed by atoms with van der Waals surface area (Å²) in [5, 5.41) is 4.13. The van der Waals surface area contributed by atoms with Crippen LogP contribution in [0.25, 0.3) is 21.5 Å². The first-order valence-electron chi connectivity index (χ1n) is 5.38. The second-order valence-corrected chi connectivity index (χ2v) is 3.92. The standard InChI is InChI=1S/C14H11NO2/c1-17-14(16)12-6-10-8-15-7-9-4-2-3-5-11(12)13(9)10/h2-8,15H,1H3. The third kappa shape index (κ3) is 1.40. The second kappa shape index (κ2) is 3.63. The normalized spacial score (nSPS) is 10.9. The highest BCUT2D eigenvalue weighted by Crippen LogP contribution is 2.30. The van der Waals surface area contributed by atoms with E-state index < -0.39 is 0 Å². The summed E-state index contributed by atoms with van der Waals surface area (Å²) in [5.41, 5.74) is 0.614. The first kappa shape index (κ1) is 9.90. The molecule has 0 saturated carbocycles. The van der Waals surface area contributed by atoms with Crippen molar-refractivity contribution < 1.29 is 9.53 Å². The molecule has 0 radical (unpaired) electrons. The van der Waals surface area contributed by atoms with Crippen LogP contribution in [0.1, 0.15) is 10.4 Å². The third-order valence-corrected chi connectivity index (χ3v) is 2.97. The van der Waals surface area contributed by atoms with Gasteiger partial charge in [-0.25, -0.2) is 4.79 Å². The first-order valence-corrected chi connectivity index (χ1v) is 5.38. The van der Waals surface area contributed by atoms with Crippen molar-refractivity contribution in [3.8, 4) is 0 Å². The number of aromatic amines is 1. The molecule has 3 nitrogen and oxygen atoms in total. The molecule has 17 heavy (non-hydrogen) atoms. The van der Waals surface area contributed by atoms with E-state index in [0.29, 0.717) is 5.56 Å². The molecule has 0 aliphatic rings. The molecule has 0 bridgehead atoms. The highest BCUT2D eigenvalue weighted by atomic mass is 16.5. The summed E-state index contributed by atoms with van der Waals surface area (Å²) in [7, 11) is 1.40. The number of esters is 1. The van der Waals surface area contributed by atoms with Crippen LogP contribution in [0.5, 0.6) is 0 Å². The van der Waals surface area contributed by atoms with Gasteiger partial charge in [0, 0.05) is 12.4 Å². The van der Waals surface area contributed by atoms with Crippen molar-refractivity contribution in [2.75, 3.05) is 7.11 Å². The molecule has 0 fully saturated rings. The lowest BCUT2D eigenvalue weighted by atomic mass is 10.2. The van der Waals surface area contributed by atoms with Crippen molar-refractivity contribution in [3.63, 3.8) is 0 Å². The summed E-state index contributed by atoms with van der Waals surface area (Å²) in [5.74, 6) is -0.298. The molecule has 0 aliphatic carbocycles. The van der Waals surface area contributed by atoms with Gasteiger partial charge in [0.2, 0.25) is 0 Å². The van der Waals surface area contributed by atoms with Crippen LogP contribution < -0.4 is 0 Å². The third-order valence-electron chi connectivity index (χ3n) is 2.97. The van der Waals surface area contributed by atoms with E-state index in [2.05, 4.69) is 4.98 Å². The summed E-state index contributed by atoms with van der Waals surface area (Å²) in [4.78, 5) is 14.8. The van der Waals surface area contributed by atoms with Crippen LogP contribution in [0, 0.1) is 0 Å². The van der Waals surface area contributed by atoms with Gasteiger partial charge in [0.05, 0.1) is 12.7 Å². The van der Waals surface area contributed by atoms with Crippen molar-refractivity contribution in [3.05, 3.63) is 48.3 Å². The highest BCUT2D eigenvalue weighted by molar-refractivity contribution is 6.19. The molecule has 0 amide bonds. The minimum atomic E-state index is -0.298. The number of pyridine rings is 1. The number of hydrogen-bond acceptors (Lipinski definition) is 2. The molecule has 3 aromatic rings. The van der Waals surface area contributed by atoms with Gasteiger partial charge >= 0.3 is 5.97 Å². The lowest BCUT2D eigenvalue weighted by Gasteiger charge is -1.95. The molecule has 0 atom stereocenters. The van der Waals surface area contributed by atoms with E-state index >= 15 is 0 Å². The number of rotatable bonds is 1. The quantitative estimate of drug-likeness (QED) is 0.646. The highest BCUT2D eigenvalue weighted by Gasteiger charge is 2.14. The van der Waals surface area contributed by atoms with Crippen LogP contribution in [0.15, 0.2) is 42.7 Å². The van der Waals surface area contributed by atoms with Gasteiger partial charge in [0.15, 0.2) is 0 Å². The van der Waals surface area contributed by atoms with Crippen molar-refractivity contribution in [2.45, 2.75) is 0 Å². The molecular weight excluding hydrogens is 214 g/mol. The molecule has 0 saturated heterocycles. The van der Waals surface area contributed by atoms with Gasteiger partial charge in [-0.15, -0.1) is 0 Å². The van der Waals surface area contributed by atoms with E-state index in [1.165, 1.54) is 7.11 Å². The van der Waals surface area contributed by atoms with Crippen molar-refractivity contribution in [1.29, 1.82) is 0 Å². The van der Waals surface area contributed by atoms with Crippen molar-refractivity contribution >= 4 is 27.5 Å². The van der Waals surface area contributed by atoms with Gasteiger partial charge in [0.1, 0.15) is 0 Å². The fourth-order valence-corrected chi connectivity index (χ4v) is 2.22. The Kier molecular flexibility index (Phi) is 2.11. The minimum Gasteiger partial charge on any atom is -0.465 e. The Morgan fingerprint density at radius 2 is 1.94 bits per heavy atom. The fourth-order valence-electron chi connectivity index (χ4n) is 2.22. The topological polar surface area (TPSA) is 42.1 Å². The Morgan fingerprint density at radius 1 is 1.18 bits per heavy atom. The molecular formula is C14H11NO2. The maximum atomic E-state index is 11.7. The van der Waals surface area contributed by atoms with Crippen LogP contribution in [-0.4, -0.2) is 18.1 Å². The van der Waals surface area contributed by atoms with E-state index in [-0.39, 0.29) is 5.97 Å². The Bertz CT molecular complexity index is 712. The summed E-state index contributed by atoms with van der Waals surface area (Å²) in [6.07, 6.45) is 3.82. The zero-order valence-corrected chi connectivity index (χ0v) is 9.36. The summed E-state index contributed by atoms with van der Waals surface area (Å²) in [6, 6.07) is 9.72. The molecule has 84 valence electrons. The van der Waals surface area contributed by atoms with Crippen LogP contribution in [-0.2, 0) is 4.74 Å². The van der Waals surface area contributed by atoms with Gasteiger partial charge in [0.25, 0.3) is 0 Å². The molecule has 1 N–H and O–H groups in total. The van der Waals surface area contributed by atoms with Gasteiger partial charge in [-0.05, 0) is 27.6 Å². The summed E-state index contributed by atoms with van der Waals surface area (Å²) in [6.45, 7) is 0. The van der Waals surface area contributed by atoms with E-state index in [1.54, 1.807) is 0 Å². The van der Waals surface area contributed by atoms with E-state index in [9.17, 15) is 4.79 Å². The number of methoxy groups -OCH3 is 1. The fraction of sp³-hybridized carbons (Fsp3) is 0.0714. The Morgan fingerprint density at radius 3 is 2.76 bits per heavy atom. The average molecular weight is 225 g/mol. The number of H-pyrrole nitrogens is 1. The zero-order valence-electron chi connectivity index (χ0n) is 9.36. The molecule has 1 heterocycles. The van der Waals surface area contributed by atoms with E-state index in [4.69, 9.17) is 4.74 Å². The zero-order chi connectivity index (χ0) is 11.8. The molecule has 0 unspecified atom stereocenters. The minimum absolute atomic E-state index is 0.298. The van der Waals surface area contributed by atoms with Crippen LogP contribution in [0.4, 0.5) is 0 Å². The van der Waals surface area contributed by atoms with Gasteiger partial charge in [-0.1, -0.05) is 24.3 Å². The number of carbonyl (C=O) groups is 1. The summed E-state index contributed by atoms with van der Waals surface area (Å²) < 4.78 is 4.81. The average Bonchev–Trinajstić information content (AvgIpc) is 2.58. The smallest absolute Gasteiger partial charge is 0.338 e. The van der Waals surface area contributed by atoms with Crippen LogP contribution >= 0.6 is 0 Å². The maximum Gasteiger partial charge on any atom is 0.338 e. The Balaban J connectivity index is 2.52. The van der Waals surface area contributed by atoms with Gasteiger partial charge in [-0.2, -0.15) is 0 Å². The molecule has 3 rings (SSSR count). The largest absolute Gasteiger partial charge is 0.465 e. The van der Waals surface area contributed by atoms with Crippen LogP contribution in [0.3, 0.4) is 0 Å². The monoisotopic (exact) mass is 225 g/mol. The van der Waals surface area contributed by atoms with Crippen molar-refractivity contribution in [1.82, 2.24) is 4.98 Å². The number of aromatic nitrogens is 1. The molecule has 1 aromatic heterocycles. The number of nitrogens with one attached hydrogen (secondary N) is 1. The van der Waals surface area contributed by atoms with Crippen LogP contribution in [0.2, 0.25) is 0 Å². The van der Waals surface area contributed by atoms with Gasteiger partial charge < -0.3 is 9.72 Å². The summed E-state index contributed by atoms with van der Waals surface area (Å²) >= 11 is 0. The molecule has 0 spiro atoms. The predicted molar refractivity (Wildman–Crippen MR) is 67.1 cm³/mol. The van der Waals surface area contributed by atoms with Gasteiger partial charge in [-0.3, -0.25) is 0 Å². The number of hydrogen-bond donors (Lipinski definition) is 1. The molecule has 0 aliphatic heterocycles. The maximum absolute atomic E-state index is 11.7. The SMILES string of the molecule is COC(=O)c1cc2c[nH]cc3ccccc1c32. The number of carbonyl (C=O) groups excluding carboxylic acids is 1. The molecule has 3 heteroatoms.